The highest BCUT2D eigenvalue weighted by atomic mass is 19.1. The minimum absolute atomic E-state index is 0.343. The Morgan fingerprint density at radius 3 is 2.81 bits per heavy atom. The van der Waals surface area contributed by atoms with E-state index in [4.69, 9.17) is 0 Å². The van der Waals surface area contributed by atoms with Crippen molar-refractivity contribution in [2.75, 3.05) is 18.4 Å². The second kappa shape index (κ2) is 8.89. The number of H-pyrrole nitrogens is 1. The number of anilines is 1. The maximum atomic E-state index is 13.8. The van der Waals surface area contributed by atoms with Crippen LogP contribution in [-0.4, -0.2) is 34.3 Å². The van der Waals surface area contributed by atoms with Gasteiger partial charge in [-0.25, -0.2) is 4.39 Å². The molecule has 162 valence electrons. The molecule has 2 aromatic heterocycles. The number of amides is 1. The molecule has 7 heteroatoms. The monoisotopic (exact) mass is 421 g/mol. The molecule has 3 heterocycles. The summed E-state index contributed by atoms with van der Waals surface area (Å²) in [5, 5.41) is 10.7. The van der Waals surface area contributed by atoms with E-state index in [2.05, 4.69) is 45.4 Å². The van der Waals surface area contributed by atoms with Gasteiger partial charge in [-0.15, -0.1) is 0 Å². The maximum Gasteiger partial charge on any atom is 0.211 e. The summed E-state index contributed by atoms with van der Waals surface area (Å²) in [6, 6.07) is 4.79. The molecule has 1 amide bonds. The summed E-state index contributed by atoms with van der Waals surface area (Å²) in [7, 11) is 0. The van der Waals surface area contributed by atoms with E-state index in [0.29, 0.717) is 23.7 Å². The number of benzene rings is 1. The van der Waals surface area contributed by atoms with Gasteiger partial charge in [0.2, 0.25) is 6.41 Å². The van der Waals surface area contributed by atoms with Gasteiger partial charge in [0.25, 0.3) is 0 Å². The van der Waals surface area contributed by atoms with E-state index in [1.165, 1.54) is 12.1 Å². The van der Waals surface area contributed by atoms with Crippen LogP contribution in [-0.2, 0) is 4.79 Å². The van der Waals surface area contributed by atoms with Gasteiger partial charge in [-0.3, -0.25) is 9.48 Å². The summed E-state index contributed by atoms with van der Waals surface area (Å²) in [6.45, 7) is 8.10. The van der Waals surface area contributed by atoms with Crippen LogP contribution in [0, 0.1) is 19.7 Å². The highest BCUT2D eigenvalue weighted by molar-refractivity contribution is 5.90. The van der Waals surface area contributed by atoms with E-state index in [1.54, 1.807) is 6.07 Å². The highest BCUT2D eigenvalue weighted by Crippen LogP contribution is 2.33. The minimum atomic E-state index is -0.343. The van der Waals surface area contributed by atoms with Crippen molar-refractivity contribution in [2.45, 2.75) is 39.7 Å². The van der Waals surface area contributed by atoms with Crippen LogP contribution in [0.4, 0.5) is 10.1 Å². The van der Waals surface area contributed by atoms with Crippen LogP contribution in [0.15, 0.2) is 30.6 Å². The Kier molecular flexibility index (Phi) is 6.04. The van der Waals surface area contributed by atoms with Crippen molar-refractivity contribution in [1.82, 2.24) is 20.1 Å². The number of aromatic amines is 1. The third-order valence-corrected chi connectivity index (χ3v) is 6.03. The lowest BCUT2D eigenvalue weighted by Gasteiger charge is -2.22. The van der Waals surface area contributed by atoms with Crippen LogP contribution in [0.25, 0.3) is 22.8 Å². The molecule has 1 saturated heterocycles. The fourth-order valence-corrected chi connectivity index (χ4v) is 4.42. The van der Waals surface area contributed by atoms with Gasteiger partial charge in [0.1, 0.15) is 5.82 Å². The van der Waals surface area contributed by atoms with Crippen LogP contribution in [0.3, 0.4) is 0 Å². The molecule has 0 saturated carbocycles. The molecular weight excluding hydrogens is 393 g/mol. The zero-order valence-electron chi connectivity index (χ0n) is 18.1. The number of aromatic nitrogens is 3. The SMILES string of the molecule is C/C(=C/c1[nH]c(C)c(-c2cnn(C3CCNCC3)c2)c1C)c1cc(F)ccc1NC=O. The van der Waals surface area contributed by atoms with Crippen molar-refractivity contribution in [3.63, 3.8) is 0 Å². The standard InChI is InChI=1S/C24H28FN5O/c1-15(21-11-19(25)4-5-22(21)27-14-31)10-23-16(2)24(17(3)29-23)18-12-28-30(13-18)20-6-8-26-9-7-20/h4-5,10-14,20,26,29H,6-9H2,1-3H3,(H,27,31)/b15-10-. The van der Waals surface area contributed by atoms with Gasteiger partial charge in [-0.05, 0) is 82.1 Å². The van der Waals surface area contributed by atoms with Gasteiger partial charge in [-0.1, -0.05) is 0 Å². The molecule has 1 aliphatic rings. The fraction of sp³-hybridized carbons (Fsp3) is 0.333. The molecule has 0 atom stereocenters. The zero-order chi connectivity index (χ0) is 22.0. The molecule has 31 heavy (non-hydrogen) atoms. The van der Waals surface area contributed by atoms with E-state index >= 15 is 0 Å². The molecular formula is C24H28FN5O. The van der Waals surface area contributed by atoms with Gasteiger partial charge >= 0.3 is 0 Å². The van der Waals surface area contributed by atoms with E-state index in [-0.39, 0.29) is 5.82 Å². The van der Waals surface area contributed by atoms with Crippen molar-refractivity contribution >= 4 is 23.7 Å². The first kappa shape index (κ1) is 21.1. The van der Waals surface area contributed by atoms with Crippen LogP contribution < -0.4 is 10.6 Å². The molecule has 3 aromatic rings. The van der Waals surface area contributed by atoms with Crippen LogP contribution in [0.1, 0.15) is 48.3 Å². The minimum Gasteiger partial charge on any atom is -0.358 e. The molecule has 0 spiro atoms. The maximum absolute atomic E-state index is 13.8. The third-order valence-electron chi connectivity index (χ3n) is 6.03. The van der Waals surface area contributed by atoms with Crippen LogP contribution in [0.2, 0.25) is 0 Å². The van der Waals surface area contributed by atoms with Crippen molar-refractivity contribution in [3.8, 4) is 11.1 Å². The number of carbonyl (C=O) groups excluding carboxylic acids is 1. The van der Waals surface area contributed by atoms with Crippen molar-refractivity contribution in [2.24, 2.45) is 0 Å². The number of hydrogen-bond donors (Lipinski definition) is 3. The van der Waals surface area contributed by atoms with Gasteiger partial charge in [0, 0.05) is 40.0 Å². The van der Waals surface area contributed by atoms with Gasteiger partial charge in [0.15, 0.2) is 0 Å². The second-order valence-electron chi connectivity index (χ2n) is 8.13. The van der Waals surface area contributed by atoms with Crippen LogP contribution in [0.5, 0.6) is 0 Å². The number of rotatable bonds is 6. The largest absolute Gasteiger partial charge is 0.358 e. The molecule has 6 nitrogen and oxygen atoms in total. The number of allylic oxidation sites excluding steroid dienone is 1. The number of hydrogen-bond acceptors (Lipinski definition) is 3. The molecule has 0 radical (unpaired) electrons. The average Bonchev–Trinajstić information content (AvgIpc) is 3.34. The number of nitrogens with zero attached hydrogens (tertiary/aromatic N) is 2. The van der Waals surface area contributed by atoms with Gasteiger partial charge in [-0.2, -0.15) is 5.10 Å². The predicted molar refractivity (Wildman–Crippen MR) is 122 cm³/mol. The fourth-order valence-electron chi connectivity index (χ4n) is 4.42. The number of halogens is 1. The van der Waals surface area contributed by atoms with Crippen LogP contribution >= 0.6 is 0 Å². The quantitative estimate of drug-likeness (QED) is 0.506. The molecule has 0 aliphatic carbocycles. The summed E-state index contributed by atoms with van der Waals surface area (Å²) in [5.41, 5.74) is 7.45. The summed E-state index contributed by atoms with van der Waals surface area (Å²) >= 11 is 0. The first-order chi connectivity index (χ1) is 15.0. The Labute approximate surface area is 181 Å². The van der Waals surface area contributed by atoms with Gasteiger partial charge < -0.3 is 15.6 Å². The Hall–Kier alpha value is -3.19. The highest BCUT2D eigenvalue weighted by Gasteiger charge is 2.19. The lowest BCUT2D eigenvalue weighted by Crippen LogP contribution is -2.29. The lowest BCUT2D eigenvalue weighted by molar-refractivity contribution is -0.105. The molecule has 1 aliphatic heterocycles. The molecule has 1 fully saturated rings. The van der Waals surface area contributed by atoms with E-state index in [0.717, 1.165) is 59.6 Å². The van der Waals surface area contributed by atoms with Crippen molar-refractivity contribution < 1.29 is 9.18 Å². The normalized spacial score (nSPS) is 15.3. The lowest BCUT2D eigenvalue weighted by atomic mass is 10.0. The molecule has 1 aromatic carbocycles. The topological polar surface area (TPSA) is 74.7 Å². The Bertz CT molecular complexity index is 1120. The summed E-state index contributed by atoms with van der Waals surface area (Å²) in [5.74, 6) is -0.343. The summed E-state index contributed by atoms with van der Waals surface area (Å²) < 4.78 is 15.9. The Morgan fingerprint density at radius 2 is 2.06 bits per heavy atom. The van der Waals surface area contributed by atoms with Crippen molar-refractivity contribution in [3.05, 3.63) is 58.9 Å². The molecule has 3 N–H and O–H groups in total. The first-order valence-electron chi connectivity index (χ1n) is 10.6. The number of piperidine rings is 1. The smallest absolute Gasteiger partial charge is 0.211 e. The summed E-state index contributed by atoms with van der Waals surface area (Å²) in [6.07, 6.45) is 8.84. The summed E-state index contributed by atoms with van der Waals surface area (Å²) in [4.78, 5) is 14.4. The van der Waals surface area contributed by atoms with E-state index in [1.807, 2.05) is 19.2 Å². The van der Waals surface area contributed by atoms with E-state index < -0.39 is 0 Å². The van der Waals surface area contributed by atoms with Crippen molar-refractivity contribution in [1.29, 1.82) is 0 Å². The first-order valence-corrected chi connectivity index (χ1v) is 10.6. The third kappa shape index (κ3) is 4.32. The number of carbonyl (C=O) groups is 1. The molecule has 0 bridgehead atoms. The number of nitrogens with one attached hydrogen (secondary N) is 3. The van der Waals surface area contributed by atoms with E-state index in [9.17, 15) is 9.18 Å². The predicted octanol–water partition coefficient (Wildman–Crippen LogP) is 4.69. The second-order valence-corrected chi connectivity index (χ2v) is 8.13. The van der Waals surface area contributed by atoms with Gasteiger partial charge in [0.05, 0.1) is 12.2 Å². The Balaban J connectivity index is 1.67. The Morgan fingerprint density at radius 1 is 1.29 bits per heavy atom. The zero-order valence-corrected chi connectivity index (χ0v) is 18.1. The molecule has 0 unspecified atom stereocenters. The average molecular weight is 422 g/mol. The molecule has 4 rings (SSSR count). The number of aryl methyl sites for hydroxylation is 1.